The monoisotopic (exact) mass is 553 g/mol. The molecule has 39 heavy (non-hydrogen) atoms. The summed E-state index contributed by atoms with van der Waals surface area (Å²) in [5.41, 5.74) is 2.69. The number of unbranched alkanes of at least 4 members (excludes halogenated alkanes) is 2. The standard InChI is InChI=1S/C32H31N3O2S2/c1-3-5-19-35(20-6-4-2)26-14-11-24(12-15-26)13-16-27-17-18-28(38-27)21-31-32(25(22-33)23-34)29-9-7-8-10-30(29)39(31,36)37/h7-18,21H,3-6,19-20H2,1-2H3/b16-13+,31-21+. The van der Waals surface area contributed by atoms with E-state index in [9.17, 15) is 18.9 Å². The van der Waals surface area contributed by atoms with Crippen molar-refractivity contribution in [2.24, 2.45) is 0 Å². The number of sulfone groups is 1. The van der Waals surface area contributed by atoms with Gasteiger partial charge in [0.2, 0.25) is 9.84 Å². The maximum atomic E-state index is 13.3. The molecule has 0 radical (unpaired) electrons. The molecule has 0 N–H and O–H groups in total. The minimum Gasteiger partial charge on any atom is -0.372 e. The van der Waals surface area contributed by atoms with E-state index in [0.717, 1.165) is 28.4 Å². The van der Waals surface area contributed by atoms with E-state index in [4.69, 9.17) is 0 Å². The average molecular weight is 554 g/mol. The van der Waals surface area contributed by atoms with Crippen LogP contribution in [0.1, 0.15) is 60.4 Å². The van der Waals surface area contributed by atoms with Crippen molar-refractivity contribution >= 4 is 50.7 Å². The van der Waals surface area contributed by atoms with Gasteiger partial charge in [-0.1, -0.05) is 63.1 Å². The lowest BCUT2D eigenvalue weighted by Gasteiger charge is -2.24. The Kier molecular flexibility index (Phi) is 9.19. The number of hydrogen-bond donors (Lipinski definition) is 0. The number of hydrogen-bond acceptors (Lipinski definition) is 6. The van der Waals surface area contributed by atoms with Crippen molar-refractivity contribution in [3.05, 3.63) is 92.0 Å². The van der Waals surface area contributed by atoms with E-state index < -0.39 is 9.84 Å². The number of thiophene rings is 1. The first-order valence-corrected chi connectivity index (χ1v) is 15.5. The molecule has 0 amide bonds. The maximum absolute atomic E-state index is 13.3. The van der Waals surface area contributed by atoms with Gasteiger partial charge in [-0.3, -0.25) is 0 Å². The second-order valence-corrected chi connectivity index (χ2v) is 12.4. The molecule has 0 spiro atoms. The smallest absolute Gasteiger partial charge is 0.207 e. The van der Waals surface area contributed by atoms with Crippen LogP contribution in [0.5, 0.6) is 0 Å². The first-order valence-electron chi connectivity index (χ1n) is 13.2. The van der Waals surface area contributed by atoms with Crippen LogP contribution in [0, 0.1) is 22.7 Å². The van der Waals surface area contributed by atoms with Crippen LogP contribution in [0.25, 0.3) is 23.8 Å². The Labute approximate surface area is 235 Å². The van der Waals surface area contributed by atoms with Crippen LogP contribution in [-0.4, -0.2) is 21.5 Å². The fourth-order valence-corrected chi connectivity index (χ4v) is 7.19. The number of anilines is 1. The number of nitriles is 2. The molecule has 0 unspecified atom stereocenters. The summed E-state index contributed by atoms with van der Waals surface area (Å²) in [5.74, 6) is 0. The fourth-order valence-electron chi connectivity index (χ4n) is 4.54. The molecule has 1 aromatic heterocycles. The Morgan fingerprint density at radius 1 is 0.872 bits per heavy atom. The summed E-state index contributed by atoms with van der Waals surface area (Å²) in [6.07, 6.45) is 10.3. The molecule has 0 saturated carbocycles. The minimum atomic E-state index is -3.84. The third-order valence-corrected chi connectivity index (χ3v) is 9.47. The molecular weight excluding hydrogens is 523 g/mol. The fraction of sp³-hybridized carbons (Fsp3) is 0.250. The summed E-state index contributed by atoms with van der Waals surface area (Å²) in [6, 6.07) is 22.6. The zero-order valence-corrected chi connectivity index (χ0v) is 23.9. The molecule has 7 heteroatoms. The lowest BCUT2D eigenvalue weighted by Crippen LogP contribution is -2.25. The van der Waals surface area contributed by atoms with Gasteiger partial charge in [-0.05, 0) is 60.9 Å². The number of benzene rings is 2. The number of fused-ring (bicyclic) bond motifs is 1. The van der Waals surface area contributed by atoms with Crippen molar-refractivity contribution in [2.75, 3.05) is 18.0 Å². The van der Waals surface area contributed by atoms with E-state index in [0.29, 0.717) is 5.56 Å². The molecule has 0 fully saturated rings. The van der Waals surface area contributed by atoms with Crippen LogP contribution in [0.4, 0.5) is 5.69 Å². The van der Waals surface area contributed by atoms with Gasteiger partial charge in [0.25, 0.3) is 0 Å². The van der Waals surface area contributed by atoms with Gasteiger partial charge in [0.05, 0.1) is 9.80 Å². The third-order valence-electron chi connectivity index (χ3n) is 6.64. The highest BCUT2D eigenvalue weighted by Gasteiger charge is 2.38. The number of nitrogens with zero attached hydrogens (tertiary/aromatic N) is 3. The van der Waals surface area contributed by atoms with E-state index in [1.165, 1.54) is 48.8 Å². The van der Waals surface area contributed by atoms with Crippen molar-refractivity contribution in [3.63, 3.8) is 0 Å². The molecule has 1 aliphatic heterocycles. The van der Waals surface area contributed by atoms with E-state index in [1.54, 1.807) is 24.3 Å². The van der Waals surface area contributed by atoms with E-state index in [1.807, 2.05) is 36.4 Å². The zero-order valence-electron chi connectivity index (χ0n) is 22.2. The third kappa shape index (κ3) is 6.23. The summed E-state index contributed by atoms with van der Waals surface area (Å²) in [4.78, 5) is 4.27. The van der Waals surface area contributed by atoms with Crippen LogP contribution < -0.4 is 4.90 Å². The van der Waals surface area contributed by atoms with Crippen LogP contribution in [-0.2, 0) is 9.84 Å². The quantitative estimate of drug-likeness (QED) is 0.238. The summed E-state index contributed by atoms with van der Waals surface area (Å²) >= 11 is 1.45. The van der Waals surface area contributed by atoms with Crippen molar-refractivity contribution in [1.29, 1.82) is 10.5 Å². The zero-order chi connectivity index (χ0) is 27.8. The molecule has 2 aromatic carbocycles. The molecule has 3 aromatic rings. The van der Waals surface area contributed by atoms with Gasteiger partial charge in [-0.2, -0.15) is 10.5 Å². The van der Waals surface area contributed by atoms with Gasteiger partial charge >= 0.3 is 0 Å². The topological polar surface area (TPSA) is 85.0 Å². The predicted molar refractivity (Wildman–Crippen MR) is 161 cm³/mol. The first-order chi connectivity index (χ1) is 18.9. The Morgan fingerprint density at radius 3 is 2.15 bits per heavy atom. The summed E-state index contributed by atoms with van der Waals surface area (Å²) < 4.78 is 26.6. The van der Waals surface area contributed by atoms with E-state index in [-0.39, 0.29) is 20.9 Å². The molecule has 1 aliphatic rings. The Bertz CT molecular complexity index is 1590. The van der Waals surface area contributed by atoms with Crippen molar-refractivity contribution < 1.29 is 8.42 Å². The molecular formula is C32H31N3O2S2. The maximum Gasteiger partial charge on any atom is 0.207 e. The van der Waals surface area contributed by atoms with Crippen LogP contribution >= 0.6 is 11.3 Å². The summed E-state index contributed by atoms with van der Waals surface area (Å²) in [7, 11) is -3.84. The molecule has 0 saturated heterocycles. The van der Waals surface area contributed by atoms with E-state index in [2.05, 4.69) is 43.0 Å². The SMILES string of the molecule is CCCCN(CCCC)c1ccc(/C=C/c2ccc(/C=C3\C(=C(C#N)C#N)c4ccccc4S3(=O)=O)s2)cc1. The molecule has 0 aliphatic carbocycles. The molecule has 0 bridgehead atoms. The molecule has 2 heterocycles. The van der Waals surface area contributed by atoms with Gasteiger partial charge in [0, 0.05) is 39.7 Å². The van der Waals surface area contributed by atoms with Crippen molar-refractivity contribution in [2.45, 2.75) is 44.4 Å². The van der Waals surface area contributed by atoms with Crippen LogP contribution in [0.15, 0.2) is 76.0 Å². The first kappa shape index (κ1) is 28.1. The molecule has 4 rings (SSSR count). The largest absolute Gasteiger partial charge is 0.372 e. The van der Waals surface area contributed by atoms with Crippen LogP contribution in [0.3, 0.4) is 0 Å². The highest BCUT2D eigenvalue weighted by molar-refractivity contribution is 7.96. The van der Waals surface area contributed by atoms with Crippen molar-refractivity contribution in [1.82, 2.24) is 0 Å². The lowest BCUT2D eigenvalue weighted by atomic mass is 10.0. The average Bonchev–Trinajstić information content (AvgIpc) is 3.49. The molecule has 198 valence electrons. The van der Waals surface area contributed by atoms with E-state index >= 15 is 0 Å². The number of rotatable bonds is 10. The van der Waals surface area contributed by atoms with Gasteiger partial charge < -0.3 is 4.90 Å². The van der Waals surface area contributed by atoms with Crippen molar-refractivity contribution in [3.8, 4) is 12.1 Å². The summed E-state index contributed by atoms with van der Waals surface area (Å²) in [5, 5.41) is 19.0. The number of allylic oxidation sites excluding steroid dienone is 2. The Hall–Kier alpha value is -3.91. The second kappa shape index (κ2) is 12.8. The molecule has 5 nitrogen and oxygen atoms in total. The normalized spacial score (nSPS) is 14.8. The minimum absolute atomic E-state index is 0.00883. The predicted octanol–water partition coefficient (Wildman–Crippen LogP) is 7.95. The van der Waals surface area contributed by atoms with Gasteiger partial charge in [0.1, 0.15) is 17.7 Å². The summed E-state index contributed by atoms with van der Waals surface area (Å²) in [6.45, 7) is 6.58. The Morgan fingerprint density at radius 2 is 1.51 bits per heavy atom. The Balaban J connectivity index is 1.57. The van der Waals surface area contributed by atoms with Gasteiger partial charge in [0.15, 0.2) is 0 Å². The lowest BCUT2D eigenvalue weighted by molar-refractivity contribution is 0.604. The second-order valence-electron chi connectivity index (χ2n) is 9.34. The highest BCUT2D eigenvalue weighted by Crippen LogP contribution is 2.45. The highest BCUT2D eigenvalue weighted by atomic mass is 32.2. The molecule has 0 atom stereocenters. The van der Waals surface area contributed by atoms with Crippen LogP contribution in [0.2, 0.25) is 0 Å². The van der Waals surface area contributed by atoms with Gasteiger partial charge in [-0.25, -0.2) is 8.42 Å². The van der Waals surface area contributed by atoms with Gasteiger partial charge in [-0.15, -0.1) is 11.3 Å².